The number of carbonyl (C=O) groups is 1. The first-order valence-corrected chi connectivity index (χ1v) is 7.26. The first kappa shape index (κ1) is 15.3. The van der Waals surface area contributed by atoms with Gasteiger partial charge < -0.3 is 10.5 Å². The van der Waals surface area contributed by atoms with Crippen LogP contribution in [0.15, 0.2) is 60.7 Å². The Morgan fingerprint density at radius 3 is 2.14 bits per heavy atom. The second-order valence-corrected chi connectivity index (χ2v) is 5.05. The zero-order chi connectivity index (χ0) is 14.9. The van der Waals surface area contributed by atoms with Crippen molar-refractivity contribution in [1.29, 1.82) is 0 Å². The maximum atomic E-state index is 11.8. The van der Waals surface area contributed by atoms with Crippen molar-refractivity contribution in [2.75, 3.05) is 6.61 Å². The third-order valence-electron chi connectivity index (χ3n) is 3.30. The molecule has 0 aliphatic carbocycles. The fourth-order valence-corrected chi connectivity index (χ4v) is 2.15. The lowest BCUT2D eigenvalue weighted by molar-refractivity contribution is -0.145. The van der Waals surface area contributed by atoms with Gasteiger partial charge in [0.05, 0.1) is 6.61 Å². The smallest absolute Gasteiger partial charge is 0.323 e. The lowest BCUT2D eigenvalue weighted by atomic mass is 10.1. The van der Waals surface area contributed by atoms with Gasteiger partial charge in [-0.3, -0.25) is 4.79 Å². The first-order valence-electron chi connectivity index (χ1n) is 7.26. The van der Waals surface area contributed by atoms with E-state index in [1.54, 1.807) is 0 Å². The van der Waals surface area contributed by atoms with E-state index in [1.807, 2.05) is 48.5 Å². The second-order valence-electron chi connectivity index (χ2n) is 5.05. The Hall–Kier alpha value is -2.13. The van der Waals surface area contributed by atoms with Gasteiger partial charge in [-0.2, -0.15) is 0 Å². The molecular weight excluding hydrogens is 262 g/mol. The maximum Gasteiger partial charge on any atom is 0.323 e. The number of nitrogens with two attached hydrogens (primary N) is 1. The molecule has 0 saturated heterocycles. The number of esters is 1. The number of rotatable bonds is 7. The van der Waals surface area contributed by atoms with E-state index in [4.69, 9.17) is 10.5 Å². The molecule has 0 aromatic heterocycles. The Balaban J connectivity index is 1.67. The molecule has 0 bridgehead atoms. The highest BCUT2D eigenvalue weighted by Crippen LogP contribution is 2.05. The molecule has 3 nitrogen and oxygen atoms in total. The van der Waals surface area contributed by atoms with Crippen LogP contribution in [0.4, 0.5) is 0 Å². The van der Waals surface area contributed by atoms with Crippen molar-refractivity contribution < 1.29 is 9.53 Å². The van der Waals surface area contributed by atoms with E-state index in [-0.39, 0.29) is 5.97 Å². The van der Waals surface area contributed by atoms with Crippen LogP contribution in [0.1, 0.15) is 17.5 Å². The normalized spacial score (nSPS) is 11.9. The number of hydrogen-bond acceptors (Lipinski definition) is 3. The Morgan fingerprint density at radius 1 is 0.952 bits per heavy atom. The molecule has 0 aliphatic rings. The second kappa shape index (κ2) is 8.22. The molecule has 2 N–H and O–H groups in total. The third kappa shape index (κ3) is 5.40. The molecule has 0 saturated carbocycles. The summed E-state index contributed by atoms with van der Waals surface area (Å²) in [5.74, 6) is -0.327. The van der Waals surface area contributed by atoms with Crippen LogP contribution in [-0.4, -0.2) is 18.6 Å². The van der Waals surface area contributed by atoms with E-state index < -0.39 is 6.04 Å². The Labute approximate surface area is 125 Å². The highest BCUT2D eigenvalue weighted by Gasteiger charge is 2.15. The summed E-state index contributed by atoms with van der Waals surface area (Å²) in [6.07, 6.45) is 2.23. The van der Waals surface area contributed by atoms with Gasteiger partial charge in [-0.05, 0) is 30.4 Å². The van der Waals surface area contributed by atoms with Gasteiger partial charge in [0, 0.05) is 0 Å². The van der Waals surface area contributed by atoms with E-state index in [2.05, 4.69) is 12.1 Å². The fourth-order valence-electron chi connectivity index (χ4n) is 2.15. The summed E-state index contributed by atoms with van der Waals surface area (Å²) in [5.41, 5.74) is 8.17. The van der Waals surface area contributed by atoms with E-state index >= 15 is 0 Å². The van der Waals surface area contributed by atoms with E-state index in [9.17, 15) is 4.79 Å². The topological polar surface area (TPSA) is 52.3 Å². The summed E-state index contributed by atoms with van der Waals surface area (Å²) in [4.78, 5) is 11.8. The molecule has 0 fully saturated rings. The minimum absolute atomic E-state index is 0.327. The fraction of sp³-hybridized carbons (Fsp3) is 0.278. The van der Waals surface area contributed by atoms with Crippen molar-refractivity contribution in [2.24, 2.45) is 5.73 Å². The van der Waals surface area contributed by atoms with Crippen molar-refractivity contribution in [1.82, 2.24) is 0 Å². The van der Waals surface area contributed by atoms with Gasteiger partial charge in [0.25, 0.3) is 0 Å². The molecule has 0 heterocycles. The van der Waals surface area contributed by atoms with E-state index in [0.717, 1.165) is 18.4 Å². The molecule has 0 aliphatic heterocycles. The summed E-state index contributed by atoms with van der Waals surface area (Å²) in [7, 11) is 0. The number of hydrogen-bond donors (Lipinski definition) is 1. The lowest BCUT2D eigenvalue weighted by Gasteiger charge is -2.11. The summed E-state index contributed by atoms with van der Waals surface area (Å²) in [5, 5.41) is 0. The molecule has 3 heteroatoms. The van der Waals surface area contributed by atoms with Crippen molar-refractivity contribution in [3.8, 4) is 0 Å². The largest absolute Gasteiger partial charge is 0.465 e. The number of benzene rings is 2. The molecule has 2 rings (SSSR count). The van der Waals surface area contributed by atoms with Crippen molar-refractivity contribution in [3.05, 3.63) is 71.8 Å². The van der Waals surface area contributed by atoms with Crippen LogP contribution in [0.3, 0.4) is 0 Å². The van der Waals surface area contributed by atoms with Gasteiger partial charge in [0.15, 0.2) is 0 Å². The molecule has 0 spiro atoms. The average Bonchev–Trinajstić information content (AvgIpc) is 2.53. The summed E-state index contributed by atoms with van der Waals surface area (Å²) in [6.45, 7) is 0.413. The minimum atomic E-state index is -0.593. The van der Waals surface area contributed by atoms with Crippen LogP contribution in [0, 0.1) is 0 Å². The molecule has 0 amide bonds. The minimum Gasteiger partial charge on any atom is -0.465 e. The monoisotopic (exact) mass is 283 g/mol. The highest BCUT2D eigenvalue weighted by molar-refractivity contribution is 5.75. The molecule has 0 unspecified atom stereocenters. The van der Waals surface area contributed by atoms with Crippen molar-refractivity contribution >= 4 is 5.97 Å². The van der Waals surface area contributed by atoms with Crippen LogP contribution in [0.25, 0.3) is 0 Å². The Bertz CT molecular complexity index is 540. The van der Waals surface area contributed by atoms with E-state index in [0.29, 0.717) is 13.0 Å². The van der Waals surface area contributed by atoms with Crippen LogP contribution < -0.4 is 5.73 Å². The van der Waals surface area contributed by atoms with Gasteiger partial charge >= 0.3 is 5.97 Å². The predicted molar refractivity (Wildman–Crippen MR) is 83.8 cm³/mol. The summed E-state index contributed by atoms with van der Waals surface area (Å²) in [6, 6.07) is 19.3. The zero-order valence-electron chi connectivity index (χ0n) is 12.1. The van der Waals surface area contributed by atoms with Crippen LogP contribution in [-0.2, 0) is 22.4 Å². The van der Waals surface area contributed by atoms with Gasteiger partial charge in [-0.25, -0.2) is 0 Å². The number of ether oxygens (including phenoxy) is 1. The molecule has 21 heavy (non-hydrogen) atoms. The van der Waals surface area contributed by atoms with Gasteiger partial charge in [0.1, 0.15) is 6.04 Å². The van der Waals surface area contributed by atoms with Crippen LogP contribution >= 0.6 is 0 Å². The average molecular weight is 283 g/mol. The lowest BCUT2D eigenvalue weighted by Crippen LogP contribution is -2.34. The van der Waals surface area contributed by atoms with Gasteiger partial charge in [-0.15, -0.1) is 0 Å². The van der Waals surface area contributed by atoms with Gasteiger partial charge in [0.2, 0.25) is 0 Å². The molecule has 2 aromatic rings. The van der Waals surface area contributed by atoms with Crippen LogP contribution in [0.2, 0.25) is 0 Å². The molecule has 110 valence electrons. The Kier molecular flexibility index (Phi) is 5.98. The summed E-state index contributed by atoms with van der Waals surface area (Å²) < 4.78 is 5.23. The number of aryl methyl sites for hydroxylation is 1. The maximum absolute atomic E-state index is 11.8. The SMILES string of the molecule is N[C@@H](Cc1ccccc1)C(=O)OCCCc1ccccc1. The molecule has 2 aromatic carbocycles. The molecule has 0 radical (unpaired) electrons. The van der Waals surface area contributed by atoms with Gasteiger partial charge in [-0.1, -0.05) is 60.7 Å². The van der Waals surface area contributed by atoms with Crippen molar-refractivity contribution in [3.63, 3.8) is 0 Å². The summed E-state index contributed by atoms with van der Waals surface area (Å²) >= 11 is 0. The van der Waals surface area contributed by atoms with Crippen LogP contribution in [0.5, 0.6) is 0 Å². The number of carbonyl (C=O) groups excluding carboxylic acids is 1. The predicted octanol–water partition coefficient (Wildman–Crippen LogP) is 2.73. The van der Waals surface area contributed by atoms with Crippen molar-refractivity contribution in [2.45, 2.75) is 25.3 Å². The zero-order valence-corrected chi connectivity index (χ0v) is 12.1. The molecular formula is C18H21NO2. The highest BCUT2D eigenvalue weighted by atomic mass is 16.5. The standard InChI is InChI=1S/C18H21NO2/c19-17(14-16-10-5-2-6-11-16)18(20)21-13-7-12-15-8-3-1-4-9-15/h1-6,8-11,17H,7,12-14,19H2/t17-/m0/s1. The quantitative estimate of drug-likeness (QED) is 0.628. The van der Waals surface area contributed by atoms with E-state index in [1.165, 1.54) is 5.56 Å². The first-order chi connectivity index (χ1) is 10.3. The Morgan fingerprint density at radius 2 is 1.52 bits per heavy atom. The molecule has 1 atom stereocenters. The third-order valence-corrected chi connectivity index (χ3v) is 3.30.